The molecule has 0 aromatic heterocycles. The van der Waals surface area contributed by atoms with Crippen LogP contribution in [-0.4, -0.2) is 47.4 Å². The summed E-state index contributed by atoms with van der Waals surface area (Å²) in [5, 5.41) is 23.1. The molecule has 0 aromatic rings. The number of allylic oxidation sites excluding steroid dienone is 7. The fraction of sp³-hybridized carbons (Fsp3) is 0.865. The monoisotopic (exact) mass is 1120 g/mol. The van der Waals surface area contributed by atoms with Crippen LogP contribution in [0.3, 0.4) is 0 Å². The third kappa shape index (κ3) is 65.0. The third-order valence-corrected chi connectivity index (χ3v) is 16.6. The molecule has 0 aromatic carbocycles. The lowest BCUT2D eigenvalue weighted by molar-refractivity contribution is -0.143. The molecule has 80 heavy (non-hydrogen) atoms. The summed E-state index contributed by atoms with van der Waals surface area (Å²) in [5.74, 6) is -0.0526. The van der Waals surface area contributed by atoms with Crippen LogP contribution in [0, 0.1) is 0 Å². The molecular weight excluding hydrogens is 983 g/mol. The number of aliphatic hydroxyl groups excluding tert-OH is 2. The molecule has 0 saturated carbocycles. The van der Waals surface area contributed by atoms with Crippen LogP contribution in [0.25, 0.3) is 0 Å². The van der Waals surface area contributed by atoms with Crippen molar-refractivity contribution in [1.82, 2.24) is 5.32 Å². The first-order valence-corrected chi connectivity index (χ1v) is 35.9. The van der Waals surface area contributed by atoms with Gasteiger partial charge in [0.05, 0.1) is 25.4 Å². The van der Waals surface area contributed by atoms with Gasteiger partial charge in [0.1, 0.15) is 0 Å². The van der Waals surface area contributed by atoms with Gasteiger partial charge < -0.3 is 20.3 Å². The fourth-order valence-electron chi connectivity index (χ4n) is 11.1. The number of carbonyl (C=O) groups is 2. The van der Waals surface area contributed by atoms with Crippen molar-refractivity contribution in [2.24, 2.45) is 0 Å². The van der Waals surface area contributed by atoms with Gasteiger partial charge in [0, 0.05) is 12.8 Å². The van der Waals surface area contributed by atoms with Crippen molar-refractivity contribution in [2.75, 3.05) is 13.2 Å². The second kappa shape index (κ2) is 69.3. The van der Waals surface area contributed by atoms with E-state index in [0.29, 0.717) is 19.4 Å². The van der Waals surface area contributed by atoms with Crippen LogP contribution in [0.2, 0.25) is 0 Å². The smallest absolute Gasteiger partial charge is 0.305 e. The largest absolute Gasteiger partial charge is 0.466 e. The van der Waals surface area contributed by atoms with E-state index < -0.39 is 12.1 Å². The van der Waals surface area contributed by atoms with Crippen molar-refractivity contribution >= 4 is 11.9 Å². The van der Waals surface area contributed by atoms with E-state index in [1.54, 1.807) is 6.08 Å². The molecule has 2 atom stereocenters. The van der Waals surface area contributed by atoms with Gasteiger partial charge in [-0.2, -0.15) is 0 Å². The van der Waals surface area contributed by atoms with E-state index in [9.17, 15) is 19.8 Å². The molecular formula is C74H139NO5. The highest BCUT2D eigenvalue weighted by Crippen LogP contribution is 2.18. The highest BCUT2D eigenvalue weighted by molar-refractivity contribution is 5.76. The Morgan fingerprint density at radius 1 is 0.350 bits per heavy atom. The van der Waals surface area contributed by atoms with E-state index in [2.05, 4.69) is 55.6 Å². The van der Waals surface area contributed by atoms with Crippen LogP contribution >= 0.6 is 0 Å². The molecule has 0 aliphatic carbocycles. The SMILES string of the molecule is CCCCCCCC/C=C\CCCCCCCCCC(=O)OCCCCCCCCCCCCC/C=C\C/C=C\CCCCCCCCCCCCCCCCCCCC(=O)NC(CO)C(O)/C=C/CCCCCCCCCCC. The third-order valence-electron chi connectivity index (χ3n) is 16.6. The minimum atomic E-state index is -0.842. The average molecular weight is 1120 g/mol. The lowest BCUT2D eigenvalue weighted by Gasteiger charge is -2.20. The molecule has 0 spiro atoms. The predicted molar refractivity (Wildman–Crippen MR) is 352 cm³/mol. The summed E-state index contributed by atoms with van der Waals surface area (Å²) < 4.78 is 5.50. The molecule has 0 fully saturated rings. The first-order chi connectivity index (χ1) is 39.5. The molecule has 1 amide bonds. The summed E-state index contributed by atoms with van der Waals surface area (Å²) >= 11 is 0. The fourth-order valence-corrected chi connectivity index (χ4v) is 11.1. The summed E-state index contributed by atoms with van der Waals surface area (Å²) in [6.45, 7) is 4.91. The van der Waals surface area contributed by atoms with Gasteiger partial charge in [0.25, 0.3) is 0 Å². The van der Waals surface area contributed by atoms with E-state index >= 15 is 0 Å². The Morgan fingerprint density at radius 3 is 0.963 bits per heavy atom. The molecule has 2 unspecified atom stereocenters. The van der Waals surface area contributed by atoms with Gasteiger partial charge >= 0.3 is 5.97 Å². The van der Waals surface area contributed by atoms with Gasteiger partial charge in [-0.3, -0.25) is 9.59 Å². The van der Waals surface area contributed by atoms with E-state index in [1.165, 1.54) is 308 Å². The topological polar surface area (TPSA) is 95.9 Å². The highest BCUT2D eigenvalue weighted by atomic mass is 16.5. The predicted octanol–water partition coefficient (Wildman–Crippen LogP) is 23.3. The molecule has 6 heteroatoms. The summed E-state index contributed by atoms with van der Waals surface area (Å²) in [7, 11) is 0. The zero-order valence-electron chi connectivity index (χ0n) is 53.8. The number of aliphatic hydroxyl groups is 2. The number of hydrogen-bond acceptors (Lipinski definition) is 5. The van der Waals surface area contributed by atoms with Crippen LogP contribution in [-0.2, 0) is 14.3 Å². The molecule has 470 valence electrons. The van der Waals surface area contributed by atoms with Crippen molar-refractivity contribution < 1.29 is 24.5 Å². The second-order valence-corrected chi connectivity index (χ2v) is 24.6. The van der Waals surface area contributed by atoms with Gasteiger partial charge in [-0.05, 0) is 89.9 Å². The number of ether oxygens (including phenoxy) is 1. The number of rotatable bonds is 67. The van der Waals surface area contributed by atoms with Crippen LogP contribution in [0.1, 0.15) is 386 Å². The summed E-state index contributed by atoms with van der Waals surface area (Å²) in [4.78, 5) is 24.5. The van der Waals surface area contributed by atoms with Crippen LogP contribution in [0.15, 0.2) is 48.6 Å². The summed E-state index contributed by atoms with van der Waals surface area (Å²) in [5.41, 5.74) is 0. The number of carbonyl (C=O) groups excluding carboxylic acids is 2. The Morgan fingerprint density at radius 2 is 0.625 bits per heavy atom. The van der Waals surface area contributed by atoms with Crippen molar-refractivity contribution in [3.8, 4) is 0 Å². The maximum Gasteiger partial charge on any atom is 0.305 e. The van der Waals surface area contributed by atoms with Crippen molar-refractivity contribution in [2.45, 2.75) is 398 Å². The van der Waals surface area contributed by atoms with E-state index in [0.717, 1.165) is 51.4 Å². The molecule has 0 bridgehead atoms. The number of hydrogen-bond donors (Lipinski definition) is 3. The zero-order valence-corrected chi connectivity index (χ0v) is 53.8. The zero-order chi connectivity index (χ0) is 57.8. The summed E-state index contributed by atoms with van der Waals surface area (Å²) in [6.07, 6.45) is 90.7. The van der Waals surface area contributed by atoms with Crippen molar-refractivity contribution in [1.29, 1.82) is 0 Å². The van der Waals surface area contributed by atoms with E-state index in [4.69, 9.17) is 4.74 Å². The Balaban J connectivity index is 3.36. The molecule has 0 aliphatic heterocycles. The van der Waals surface area contributed by atoms with Crippen molar-refractivity contribution in [3.63, 3.8) is 0 Å². The number of unbranched alkanes of at least 4 members (excludes halogenated alkanes) is 50. The summed E-state index contributed by atoms with van der Waals surface area (Å²) in [6, 6.07) is -0.625. The van der Waals surface area contributed by atoms with Crippen LogP contribution < -0.4 is 5.32 Å². The molecule has 0 rings (SSSR count). The van der Waals surface area contributed by atoms with Crippen molar-refractivity contribution in [3.05, 3.63) is 48.6 Å². The van der Waals surface area contributed by atoms with Gasteiger partial charge in [-0.25, -0.2) is 0 Å². The maximum atomic E-state index is 12.4. The van der Waals surface area contributed by atoms with Crippen LogP contribution in [0.5, 0.6) is 0 Å². The highest BCUT2D eigenvalue weighted by Gasteiger charge is 2.18. The standard InChI is InChI=1S/C74H139NO5/c1-3-5-7-9-11-13-15-16-17-37-41-44-48-52-56-60-64-68-74(79)80-69-65-61-57-53-49-45-42-39-36-34-32-30-28-26-24-22-20-18-19-21-23-25-27-29-31-33-35-38-40-43-47-51-55-59-63-67-73(78)75-71(70-76)72(77)66-62-58-54-50-46-14-12-10-8-6-4-2/h16-17,20,22,26,28,62,66,71-72,76-77H,3-15,18-19,21,23-25,27,29-61,63-65,67-70H2,1-2H3,(H,75,78)/b17-16-,22-20-,28-26-,66-62+. The quantitative estimate of drug-likeness (QED) is 0.0320. The average Bonchev–Trinajstić information content (AvgIpc) is 3.46. The first-order valence-electron chi connectivity index (χ1n) is 35.9. The maximum absolute atomic E-state index is 12.4. The number of nitrogens with one attached hydrogen (secondary N) is 1. The Labute approximate surface area is 499 Å². The molecule has 0 heterocycles. The molecule has 0 saturated heterocycles. The normalized spacial score (nSPS) is 12.8. The molecule has 0 radical (unpaired) electrons. The number of amides is 1. The second-order valence-electron chi connectivity index (χ2n) is 24.6. The lowest BCUT2D eigenvalue weighted by atomic mass is 10.0. The Kier molecular flexibility index (Phi) is 67.4. The minimum absolute atomic E-state index is 0.0133. The van der Waals surface area contributed by atoms with Crippen LogP contribution in [0.4, 0.5) is 0 Å². The minimum Gasteiger partial charge on any atom is -0.466 e. The molecule has 0 aliphatic rings. The number of esters is 1. The van der Waals surface area contributed by atoms with Gasteiger partial charge in [0.15, 0.2) is 0 Å². The van der Waals surface area contributed by atoms with E-state index in [-0.39, 0.29) is 18.5 Å². The molecule has 3 N–H and O–H groups in total. The Bertz CT molecular complexity index is 1340. The van der Waals surface area contributed by atoms with E-state index in [1.807, 2.05) is 6.08 Å². The van der Waals surface area contributed by atoms with Gasteiger partial charge in [-0.15, -0.1) is 0 Å². The molecule has 6 nitrogen and oxygen atoms in total. The Hall–Kier alpha value is -2.18. The van der Waals surface area contributed by atoms with Gasteiger partial charge in [0.2, 0.25) is 5.91 Å². The van der Waals surface area contributed by atoms with Gasteiger partial charge in [-0.1, -0.05) is 332 Å². The lowest BCUT2D eigenvalue weighted by Crippen LogP contribution is -2.45. The first kappa shape index (κ1) is 77.8.